The molecular formula is C23H16F3N7O3. The number of halogens is 3. The highest BCUT2D eigenvalue weighted by Gasteiger charge is 2.18. The van der Waals surface area contributed by atoms with Crippen molar-refractivity contribution in [2.24, 2.45) is 0 Å². The summed E-state index contributed by atoms with van der Waals surface area (Å²) in [5.41, 5.74) is 6.03. The molecule has 1 amide bonds. The molecule has 182 valence electrons. The number of benzene rings is 1. The van der Waals surface area contributed by atoms with Gasteiger partial charge in [-0.05, 0) is 35.9 Å². The summed E-state index contributed by atoms with van der Waals surface area (Å²) in [5, 5.41) is 7.13. The third-order valence-corrected chi connectivity index (χ3v) is 5.30. The Hall–Kier alpha value is -4.94. The zero-order valence-electron chi connectivity index (χ0n) is 18.3. The number of fused-ring (bicyclic) bond motifs is 1. The molecule has 0 saturated carbocycles. The van der Waals surface area contributed by atoms with Crippen LogP contribution in [0.3, 0.4) is 0 Å². The quantitative estimate of drug-likeness (QED) is 0.307. The molecule has 4 heterocycles. The number of aromatic amines is 1. The van der Waals surface area contributed by atoms with E-state index in [0.717, 1.165) is 22.1 Å². The number of aromatic nitrogens is 5. The Kier molecular flexibility index (Phi) is 5.72. The first-order valence-electron chi connectivity index (χ1n) is 10.5. The number of amides is 1. The summed E-state index contributed by atoms with van der Waals surface area (Å²) < 4.78 is 46.6. The zero-order valence-corrected chi connectivity index (χ0v) is 18.3. The van der Waals surface area contributed by atoms with Crippen LogP contribution in [0.4, 0.5) is 18.9 Å². The zero-order chi connectivity index (χ0) is 25.4. The van der Waals surface area contributed by atoms with Gasteiger partial charge in [0.05, 0.1) is 18.7 Å². The SMILES string of the molecule is Nc1cc(C(=O)NCc2noc(-c3c[nH]c4ncccc34)n2)c(=O)n(Cc2cc(F)c(F)c(F)c2)c1. The molecule has 0 spiro atoms. The molecule has 5 aromatic rings. The van der Waals surface area contributed by atoms with Crippen molar-refractivity contribution in [1.29, 1.82) is 0 Å². The molecule has 13 heteroatoms. The third-order valence-electron chi connectivity index (χ3n) is 5.30. The van der Waals surface area contributed by atoms with Crippen molar-refractivity contribution in [2.45, 2.75) is 13.1 Å². The van der Waals surface area contributed by atoms with Crippen LogP contribution >= 0.6 is 0 Å². The first-order chi connectivity index (χ1) is 17.3. The lowest BCUT2D eigenvalue weighted by Gasteiger charge is -2.11. The molecule has 0 aliphatic heterocycles. The average Bonchev–Trinajstić information content (AvgIpc) is 3.50. The van der Waals surface area contributed by atoms with Gasteiger partial charge in [0.25, 0.3) is 17.4 Å². The molecule has 4 aromatic heterocycles. The van der Waals surface area contributed by atoms with Gasteiger partial charge in [-0.3, -0.25) is 9.59 Å². The summed E-state index contributed by atoms with van der Waals surface area (Å²) >= 11 is 0. The molecular weight excluding hydrogens is 479 g/mol. The highest BCUT2D eigenvalue weighted by atomic mass is 19.2. The van der Waals surface area contributed by atoms with Gasteiger partial charge in [-0.2, -0.15) is 4.98 Å². The first-order valence-corrected chi connectivity index (χ1v) is 10.5. The normalized spacial score (nSPS) is 11.2. The maximum absolute atomic E-state index is 13.5. The van der Waals surface area contributed by atoms with Gasteiger partial charge in [-0.15, -0.1) is 0 Å². The van der Waals surface area contributed by atoms with Gasteiger partial charge in [-0.25, -0.2) is 18.2 Å². The number of carbonyl (C=O) groups is 1. The summed E-state index contributed by atoms with van der Waals surface area (Å²) in [6, 6.07) is 6.27. The summed E-state index contributed by atoms with van der Waals surface area (Å²) in [6.45, 7) is -0.502. The van der Waals surface area contributed by atoms with Gasteiger partial charge in [0.15, 0.2) is 23.3 Å². The molecule has 4 N–H and O–H groups in total. The molecule has 10 nitrogen and oxygen atoms in total. The van der Waals surface area contributed by atoms with Crippen molar-refractivity contribution in [3.05, 3.63) is 93.7 Å². The minimum Gasteiger partial charge on any atom is -0.398 e. The van der Waals surface area contributed by atoms with Crippen LogP contribution in [-0.2, 0) is 13.1 Å². The van der Waals surface area contributed by atoms with Crippen molar-refractivity contribution in [1.82, 2.24) is 30.0 Å². The Morgan fingerprint density at radius 1 is 1.19 bits per heavy atom. The number of nitrogens with one attached hydrogen (secondary N) is 2. The molecule has 0 aliphatic carbocycles. The number of rotatable bonds is 6. The lowest BCUT2D eigenvalue weighted by Crippen LogP contribution is -2.33. The van der Waals surface area contributed by atoms with Crippen LogP contribution in [0, 0.1) is 17.5 Å². The van der Waals surface area contributed by atoms with Gasteiger partial charge in [0.2, 0.25) is 0 Å². The maximum atomic E-state index is 13.5. The van der Waals surface area contributed by atoms with E-state index in [1.807, 2.05) is 6.07 Å². The van der Waals surface area contributed by atoms with Crippen molar-refractivity contribution >= 4 is 22.6 Å². The van der Waals surface area contributed by atoms with Crippen molar-refractivity contribution < 1.29 is 22.5 Å². The highest BCUT2D eigenvalue weighted by molar-refractivity contribution is 5.94. The lowest BCUT2D eigenvalue weighted by atomic mass is 10.2. The van der Waals surface area contributed by atoms with Gasteiger partial charge >= 0.3 is 0 Å². The molecule has 5 rings (SSSR count). The second-order valence-corrected chi connectivity index (χ2v) is 7.79. The Morgan fingerprint density at radius 2 is 1.97 bits per heavy atom. The van der Waals surface area contributed by atoms with Crippen LogP contribution in [0.25, 0.3) is 22.5 Å². The number of nitrogen functional groups attached to an aromatic ring is 1. The van der Waals surface area contributed by atoms with E-state index < -0.39 is 28.9 Å². The average molecular weight is 495 g/mol. The van der Waals surface area contributed by atoms with Crippen molar-refractivity contribution in [3.63, 3.8) is 0 Å². The Morgan fingerprint density at radius 3 is 2.75 bits per heavy atom. The fourth-order valence-corrected chi connectivity index (χ4v) is 3.66. The van der Waals surface area contributed by atoms with E-state index in [9.17, 15) is 22.8 Å². The van der Waals surface area contributed by atoms with E-state index >= 15 is 0 Å². The second-order valence-electron chi connectivity index (χ2n) is 7.79. The number of nitrogens with two attached hydrogens (primary N) is 1. The molecule has 0 saturated heterocycles. The predicted octanol–water partition coefficient (Wildman–Crippen LogP) is 2.75. The fourth-order valence-electron chi connectivity index (χ4n) is 3.66. The summed E-state index contributed by atoms with van der Waals surface area (Å²) in [7, 11) is 0. The number of anilines is 1. The third kappa shape index (κ3) is 4.29. The predicted molar refractivity (Wildman–Crippen MR) is 121 cm³/mol. The first kappa shape index (κ1) is 22.8. The molecule has 0 radical (unpaired) electrons. The van der Waals surface area contributed by atoms with Crippen LogP contribution in [0.2, 0.25) is 0 Å². The number of H-pyrrole nitrogens is 1. The van der Waals surface area contributed by atoms with E-state index in [2.05, 4.69) is 25.4 Å². The molecule has 0 unspecified atom stereocenters. The minimum atomic E-state index is -1.62. The van der Waals surface area contributed by atoms with Gasteiger partial charge in [-0.1, -0.05) is 5.16 Å². The number of pyridine rings is 2. The van der Waals surface area contributed by atoms with E-state index in [1.165, 1.54) is 12.3 Å². The van der Waals surface area contributed by atoms with Crippen LogP contribution in [-0.4, -0.2) is 30.6 Å². The van der Waals surface area contributed by atoms with E-state index in [1.54, 1.807) is 18.5 Å². The Bertz CT molecular complexity index is 1650. The summed E-state index contributed by atoms with van der Waals surface area (Å²) in [4.78, 5) is 37.0. The van der Waals surface area contributed by atoms with Crippen LogP contribution in [0.1, 0.15) is 21.7 Å². The number of nitrogens with zero attached hydrogens (tertiary/aromatic N) is 4. The second kappa shape index (κ2) is 9.02. The molecule has 1 aromatic carbocycles. The van der Waals surface area contributed by atoms with Crippen LogP contribution in [0.5, 0.6) is 0 Å². The minimum absolute atomic E-state index is 0.0303. The van der Waals surface area contributed by atoms with Gasteiger partial charge in [0, 0.05) is 29.7 Å². The molecule has 0 aliphatic rings. The summed E-state index contributed by atoms with van der Waals surface area (Å²) in [5.74, 6) is -4.84. The molecule has 0 fully saturated rings. The Labute approximate surface area is 199 Å². The molecule has 0 bridgehead atoms. The van der Waals surface area contributed by atoms with Crippen LogP contribution < -0.4 is 16.6 Å². The topological polar surface area (TPSA) is 145 Å². The number of carbonyl (C=O) groups excluding carboxylic acids is 1. The summed E-state index contributed by atoms with van der Waals surface area (Å²) in [6.07, 6.45) is 4.51. The van der Waals surface area contributed by atoms with E-state index in [-0.39, 0.29) is 41.6 Å². The highest BCUT2D eigenvalue weighted by Crippen LogP contribution is 2.25. The smallest absolute Gasteiger partial charge is 0.263 e. The van der Waals surface area contributed by atoms with E-state index in [0.29, 0.717) is 11.2 Å². The van der Waals surface area contributed by atoms with Gasteiger partial charge in [0.1, 0.15) is 11.2 Å². The van der Waals surface area contributed by atoms with Crippen molar-refractivity contribution in [3.8, 4) is 11.5 Å². The van der Waals surface area contributed by atoms with E-state index in [4.69, 9.17) is 10.3 Å². The standard InChI is InChI=1S/C23H16F3N7O3/c24-16-4-11(5-17(25)19(16)26)9-33-10-12(27)6-14(23(33)35)21(34)30-8-18-31-22(36-32-18)15-7-29-20-13(15)2-1-3-28-20/h1-7,10H,8-9,27H2,(H,28,29)(H,30,34). The number of hydrogen-bond acceptors (Lipinski definition) is 7. The lowest BCUT2D eigenvalue weighted by molar-refractivity contribution is 0.0947. The largest absolute Gasteiger partial charge is 0.398 e. The molecule has 36 heavy (non-hydrogen) atoms. The molecule has 0 atom stereocenters. The Balaban J connectivity index is 1.33. The maximum Gasteiger partial charge on any atom is 0.263 e. The van der Waals surface area contributed by atoms with Crippen LogP contribution in [0.15, 0.2) is 58.2 Å². The number of hydrogen-bond donors (Lipinski definition) is 3. The van der Waals surface area contributed by atoms with Gasteiger partial charge < -0.3 is 25.1 Å². The fraction of sp³-hybridized carbons (Fsp3) is 0.0870. The monoisotopic (exact) mass is 495 g/mol. The van der Waals surface area contributed by atoms with Crippen molar-refractivity contribution in [2.75, 3.05) is 5.73 Å².